The molecule has 1 saturated heterocycles. The summed E-state index contributed by atoms with van der Waals surface area (Å²) in [6, 6.07) is 19.7. The molecule has 2 N–H and O–H groups in total. The standard InChI is InChI=1S/C26H29FN6/c1-26(27,28)21-17-20-7-5-11-29-25(20)24(18-21)32-13-6-12-31(15-16-32)19-22-10-14-33(30-22)23-8-3-2-4-9-23/h2-5,7-11,14,17-18H,6,12-13,15-16,19,28H2,1H3. The highest BCUT2D eigenvalue weighted by molar-refractivity contribution is 5.91. The maximum atomic E-state index is 14.6. The van der Waals surface area contributed by atoms with Crippen LogP contribution in [-0.4, -0.2) is 45.8 Å². The highest BCUT2D eigenvalue weighted by atomic mass is 19.1. The Kier molecular flexibility index (Phi) is 5.83. The lowest BCUT2D eigenvalue weighted by Crippen LogP contribution is -2.32. The van der Waals surface area contributed by atoms with Gasteiger partial charge in [-0.1, -0.05) is 24.3 Å². The lowest BCUT2D eigenvalue weighted by Gasteiger charge is -2.26. The third kappa shape index (κ3) is 4.74. The number of fused-ring (bicyclic) bond motifs is 1. The van der Waals surface area contributed by atoms with Gasteiger partial charge in [-0.3, -0.25) is 15.6 Å². The van der Waals surface area contributed by atoms with Gasteiger partial charge in [-0.05, 0) is 49.7 Å². The molecule has 1 aliphatic rings. The predicted octanol–water partition coefficient (Wildman–Crippen LogP) is 4.23. The first-order chi connectivity index (χ1) is 16.0. The van der Waals surface area contributed by atoms with E-state index in [0.717, 1.165) is 67.1 Å². The summed E-state index contributed by atoms with van der Waals surface area (Å²) in [7, 11) is 0. The molecule has 0 amide bonds. The second-order valence-electron chi connectivity index (χ2n) is 8.85. The SMILES string of the molecule is CC(N)(F)c1cc(N2CCCN(Cc3ccn(-c4ccccc4)n3)CC2)c2ncccc2c1. The van der Waals surface area contributed by atoms with E-state index >= 15 is 0 Å². The first-order valence-corrected chi connectivity index (χ1v) is 11.4. The van der Waals surface area contributed by atoms with Crippen LogP contribution in [0.4, 0.5) is 10.1 Å². The number of nitrogens with two attached hydrogens (primary N) is 1. The van der Waals surface area contributed by atoms with Crippen LogP contribution in [0, 0.1) is 0 Å². The van der Waals surface area contributed by atoms with Gasteiger partial charge in [0.15, 0.2) is 5.79 Å². The molecule has 7 heteroatoms. The Morgan fingerprint density at radius 1 is 1.00 bits per heavy atom. The number of pyridine rings is 1. The van der Waals surface area contributed by atoms with Crippen molar-refractivity contribution in [1.29, 1.82) is 0 Å². The van der Waals surface area contributed by atoms with E-state index in [-0.39, 0.29) is 0 Å². The van der Waals surface area contributed by atoms with E-state index in [1.54, 1.807) is 12.3 Å². The molecule has 5 rings (SSSR count). The molecule has 2 aromatic carbocycles. The number of rotatable bonds is 5. The summed E-state index contributed by atoms with van der Waals surface area (Å²) >= 11 is 0. The molecular formula is C26H29FN6. The number of aromatic nitrogens is 3. The largest absolute Gasteiger partial charge is 0.368 e. The van der Waals surface area contributed by atoms with Crippen LogP contribution >= 0.6 is 0 Å². The third-order valence-electron chi connectivity index (χ3n) is 6.23. The van der Waals surface area contributed by atoms with Gasteiger partial charge in [0.05, 0.1) is 22.6 Å². The number of anilines is 1. The molecule has 1 unspecified atom stereocenters. The smallest absolute Gasteiger partial charge is 0.182 e. The van der Waals surface area contributed by atoms with Gasteiger partial charge in [0, 0.05) is 56.1 Å². The molecule has 4 aromatic rings. The van der Waals surface area contributed by atoms with Crippen molar-refractivity contribution in [2.24, 2.45) is 5.73 Å². The zero-order valence-corrected chi connectivity index (χ0v) is 18.9. The number of nitrogens with zero attached hydrogens (tertiary/aromatic N) is 5. The topological polar surface area (TPSA) is 63.2 Å². The highest BCUT2D eigenvalue weighted by Crippen LogP contribution is 2.32. The minimum Gasteiger partial charge on any atom is -0.368 e. The molecule has 0 bridgehead atoms. The fourth-order valence-corrected chi connectivity index (χ4v) is 4.47. The minimum absolute atomic E-state index is 0.477. The summed E-state index contributed by atoms with van der Waals surface area (Å²) in [5.41, 5.74) is 10.2. The summed E-state index contributed by atoms with van der Waals surface area (Å²) in [5.74, 6) is -1.89. The molecule has 0 spiro atoms. The molecule has 6 nitrogen and oxygen atoms in total. The summed E-state index contributed by atoms with van der Waals surface area (Å²) < 4.78 is 16.5. The Balaban J connectivity index is 1.33. The molecular weight excluding hydrogens is 415 g/mol. The van der Waals surface area contributed by atoms with Crippen molar-refractivity contribution in [1.82, 2.24) is 19.7 Å². The summed E-state index contributed by atoms with van der Waals surface area (Å²) in [6.45, 7) is 5.80. The maximum Gasteiger partial charge on any atom is 0.182 e. The van der Waals surface area contributed by atoms with Crippen molar-refractivity contribution >= 4 is 16.6 Å². The number of hydrogen-bond donors (Lipinski definition) is 1. The molecule has 1 aliphatic heterocycles. The van der Waals surface area contributed by atoms with Crippen molar-refractivity contribution in [3.05, 3.63) is 84.3 Å². The maximum absolute atomic E-state index is 14.6. The van der Waals surface area contributed by atoms with Crippen molar-refractivity contribution in [3.8, 4) is 5.69 Å². The van der Waals surface area contributed by atoms with Gasteiger partial charge in [0.25, 0.3) is 0 Å². The van der Waals surface area contributed by atoms with Crippen LogP contribution < -0.4 is 10.6 Å². The molecule has 1 atom stereocenters. The van der Waals surface area contributed by atoms with E-state index in [0.29, 0.717) is 5.56 Å². The number of hydrogen-bond acceptors (Lipinski definition) is 5. The first kappa shape index (κ1) is 21.6. The van der Waals surface area contributed by atoms with E-state index in [2.05, 4.69) is 33.0 Å². The Hall–Kier alpha value is -3.29. The molecule has 0 radical (unpaired) electrons. The Labute approximate surface area is 193 Å². The predicted molar refractivity (Wildman–Crippen MR) is 130 cm³/mol. The first-order valence-electron chi connectivity index (χ1n) is 11.4. The van der Waals surface area contributed by atoms with Crippen LogP contribution in [0.15, 0.2) is 73.1 Å². The zero-order chi connectivity index (χ0) is 22.8. The van der Waals surface area contributed by atoms with Crippen LogP contribution in [-0.2, 0) is 12.3 Å². The van der Waals surface area contributed by atoms with Crippen LogP contribution in [0.25, 0.3) is 16.6 Å². The Morgan fingerprint density at radius 2 is 1.85 bits per heavy atom. The van der Waals surface area contributed by atoms with E-state index in [1.807, 2.05) is 47.3 Å². The van der Waals surface area contributed by atoms with Crippen LogP contribution in [0.3, 0.4) is 0 Å². The molecule has 170 valence electrons. The van der Waals surface area contributed by atoms with Crippen molar-refractivity contribution in [3.63, 3.8) is 0 Å². The van der Waals surface area contributed by atoms with Gasteiger partial charge >= 0.3 is 0 Å². The molecule has 0 saturated carbocycles. The normalized spacial score (nSPS) is 17.1. The van der Waals surface area contributed by atoms with Gasteiger partial charge in [-0.2, -0.15) is 5.10 Å². The molecule has 2 aromatic heterocycles. The van der Waals surface area contributed by atoms with Gasteiger partial charge in [0.1, 0.15) is 0 Å². The molecule has 33 heavy (non-hydrogen) atoms. The molecule has 3 heterocycles. The van der Waals surface area contributed by atoms with Crippen molar-refractivity contribution in [2.75, 3.05) is 31.1 Å². The minimum atomic E-state index is -1.89. The average Bonchev–Trinajstić information content (AvgIpc) is 3.16. The second kappa shape index (κ2) is 8.92. The van der Waals surface area contributed by atoms with Crippen LogP contribution in [0.5, 0.6) is 0 Å². The van der Waals surface area contributed by atoms with E-state index in [4.69, 9.17) is 10.8 Å². The van der Waals surface area contributed by atoms with Gasteiger partial charge in [-0.25, -0.2) is 9.07 Å². The highest BCUT2D eigenvalue weighted by Gasteiger charge is 2.24. The zero-order valence-electron chi connectivity index (χ0n) is 18.9. The average molecular weight is 445 g/mol. The fraction of sp³-hybridized carbons (Fsp3) is 0.308. The third-order valence-corrected chi connectivity index (χ3v) is 6.23. The number of halogens is 1. The molecule has 0 aliphatic carbocycles. The van der Waals surface area contributed by atoms with Crippen molar-refractivity contribution in [2.45, 2.75) is 25.7 Å². The number of benzene rings is 2. The number of alkyl halides is 1. The summed E-state index contributed by atoms with van der Waals surface area (Å²) in [6.07, 6.45) is 4.81. The summed E-state index contributed by atoms with van der Waals surface area (Å²) in [4.78, 5) is 9.34. The Bertz CT molecular complexity index is 1230. The lowest BCUT2D eigenvalue weighted by atomic mass is 10.0. The van der Waals surface area contributed by atoms with Crippen LogP contribution in [0.1, 0.15) is 24.6 Å². The van der Waals surface area contributed by atoms with E-state index in [1.165, 1.54) is 6.92 Å². The van der Waals surface area contributed by atoms with Crippen molar-refractivity contribution < 1.29 is 4.39 Å². The molecule has 1 fully saturated rings. The fourth-order valence-electron chi connectivity index (χ4n) is 4.47. The second-order valence-corrected chi connectivity index (χ2v) is 8.85. The van der Waals surface area contributed by atoms with Gasteiger partial charge in [-0.15, -0.1) is 0 Å². The van der Waals surface area contributed by atoms with Crippen LogP contribution in [0.2, 0.25) is 0 Å². The van der Waals surface area contributed by atoms with Gasteiger partial charge in [0.2, 0.25) is 0 Å². The van der Waals surface area contributed by atoms with E-state index < -0.39 is 5.79 Å². The Morgan fingerprint density at radius 3 is 2.67 bits per heavy atom. The monoisotopic (exact) mass is 444 g/mol. The van der Waals surface area contributed by atoms with Gasteiger partial charge < -0.3 is 4.90 Å². The summed E-state index contributed by atoms with van der Waals surface area (Å²) in [5, 5.41) is 5.67. The number of para-hydroxylation sites is 1. The lowest BCUT2D eigenvalue weighted by molar-refractivity contribution is 0.203. The quantitative estimate of drug-likeness (QED) is 0.467. The van der Waals surface area contributed by atoms with E-state index in [9.17, 15) is 4.39 Å².